The number of hydrogen-bond acceptors (Lipinski definition) is 7. The van der Waals surface area contributed by atoms with E-state index < -0.39 is 42.0 Å². The molecule has 10 heteroatoms. The Kier molecular flexibility index (Phi) is 17.4. The first-order chi connectivity index (χ1) is 23.1. The van der Waals surface area contributed by atoms with Crippen molar-refractivity contribution in [2.75, 3.05) is 46.4 Å². The first-order valence-electron chi connectivity index (χ1n) is 18.0. The van der Waals surface area contributed by atoms with Gasteiger partial charge in [0.05, 0.1) is 31.3 Å². The highest BCUT2D eigenvalue weighted by Crippen LogP contribution is 2.29. The van der Waals surface area contributed by atoms with E-state index in [0.717, 1.165) is 50.9 Å². The summed E-state index contributed by atoms with van der Waals surface area (Å²) in [6.07, 6.45) is 4.74. The second-order valence-corrected chi connectivity index (χ2v) is 14.1. The van der Waals surface area contributed by atoms with Crippen LogP contribution in [0, 0.1) is 29.6 Å². The second-order valence-electron chi connectivity index (χ2n) is 14.1. The van der Waals surface area contributed by atoms with Crippen LogP contribution in [0.1, 0.15) is 84.1 Å². The van der Waals surface area contributed by atoms with E-state index in [4.69, 9.17) is 4.74 Å². The van der Waals surface area contributed by atoms with Crippen molar-refractivity contribution in [3.8, 4) is 11.8 Å². The van der Waals surface area contributed by atoms with Crippen LogP contribution in [0.2, 0.25) is 0 Å². The van der Waals surface area contributed by atoms with Crippen molar-refractivity contribution in [2.45, 2.75) is 109 Å². The fourth-order valence-electron chi connectivity index (χ4n) is 6.71. The number of morpholine rings is 1. The number of amides is 3. The van der Waals surface area contributed by atoms with Gasteiger partial charge < -0.3 is 30.5 Å². The fraction of sp³-hybridized carbons (Fsp3) is 0.711. The van der Waals surface area contributed by atoms with Crippen LogP contribution in [0.15, 0.2) is 30.3 Å². The minimum atomic E-state index is -1.14. The summed E-state index contributed by atoms with van der Waals surface area (Å²) in [4.78, 5) is 45.1. The third-order valence-corrected chi connectivity index (χ3v) is 9.67. The molecular weight excluding hydrogens is 608 g/mol. The Morgan fingerprint density at radius 1 is 1.02 bits per heavy atom. The molecule has 2 fully saturated rings. The van der Waals surface area contributed by atoms with Gasteiger partial charge in [-0.3, -0.25) is 19.3 Å². The Morgan fingerprint density at radius 3 is 2.35 bits per heavy atom. The highest BCUT2D eigenvalue weighted by molar-refractivity contribution is 5.91. The molecule has 1 saturated carbocycles. The lowest BCUT2D eigenvalue weighted by atomic mass is 9.82. The van der Waals surface area contributed by atoms with E-state index in [9.17, 15) is 24.6 Å². The quantitative estimate of drug-likeness (QED) is 0.177. The first-order valence-corrected chi connectivity index (χ1v) is 18.0. The van der Waals surface area contributed by atoms with Crippen LogP contribution >= 0.6 is 0 Å². The lowest BCUT2D eigenvalue weighted by Gasteiger charge is -2.33. The summed E-state index contributed by atoms with van der Waals surface area (Å²) >= 11 is 0. The molecule has 0 aromatic heterocycles. The number of ether oxygens (including phenoxy) is 1. The van der Waals surface area contributed by atoms with Crippen LogP contribution in [0.3, 0.4) is 0 Å². The summed E-state index contributed by atoms with van der Waals surface area (Å²) in [5.74, 6) is 4.60. The standard InChI is InChI=1S/C38H60N4O6/c1-5-6-17-32(38(47)40-33(26-30-15-11-8-12-16-30)36(45)34(43)24-28(2)3)39-37(46)31(25-29-13-9-7-10-14-29)27-35(44)41(4)18-19-42-20-22-48-23-21-42/h7,9-10,13-14,28,30-34,36,43,45H,8,11-12,15-27H2,1-4H3,(H,39,46)(H,40,47)/t31-,32+,33?,34+,36-/m1/s1. The molecule has 3 amide bonds. The van der Waals surface area contributed by atoms with E-state index in [1.807, 2.05) is 44.2 Å². The lowest BCUT2D eigenvalue weighted by Crippen LogP contribution is -2.56. The monoisotopic (exact) mass is 668 g/mol. The Labute approximate surface area is 288 Å². The smallest absolute Gasteiger partial charge is 0.243 e. The molecule has 4 N–H and O–H groups in total. The Hall–Kier alpha value is -2.97. The van der Waals surface area contributed by atoms with Crippen molar-refractivity contribution >= 4 is 17.7 Å². The van der Waals surface area contributed by atoms with Gasteiger partial charge in [0.15, 0.2) is 0 Å². The molecule has 1 aliphatic carbocycles. The second kappa shape index (κ2) is 21.2. The predicted octanol–water partition coefficient (Wildman–Crippen LogP) is 3.15. The minimum absolute atomic E-state index is 0.00144. The summed E-state index contributed by atoms with van der Waals surface area (Å²) in [5, 5.41) is 28.0. The van der Waals surface area contributed by atoms with Gasteiger partial charge in [-0.15, -0.1) is 11.8 Å². The topological polar surface area (TPSA) is 131 Å². The van der Waals surface area contributed by atoms with Crippen LogP contribution in [0.4, 0.5) is 0 Å². The zero-order valence-corrected chi connectivity index (χ0v) is 29.7. The number of carbonyl (C=O) groups is 3. The molecule has 1 unspecified atom stereocenters. The van der Waals surface area contributed by atoms with Crippen LogP contribution in [-0.2, 0) is 25.5 Å². The average Bonchev–Trinajstić information content (AvgIpc) is 3.08. The summed E-state index contributed by atoms with van der Waals surface area (Å²) in [7, 11) is 1.76. The van der Waals surface area contributed by atoms with Crippen LogP contribution in [-0.4, -0.2) is 108 Å². The van der Waals surface area contributed by atoms with Crippen LogP contribution in [0.25, 0.3) is 0 Å². The van der Waals surface area contributed by atoms with Crippen molar-refractivity contribution in [1.82, 2.24) is 20.4 Å². The van der Waals surface area contributed by atoms with Crippen molar-refractivity contribution in [3.63, 3.8) is 0 Å². The third kappa shape index (κ3) is 13.9. The maximum Gasteiger partial charge on any atom is 0.243 e. The predicted molar refractivity (Wildman–Crippen MR) is 188 cm³/mol. The van der Waals surface area contributed by atoms with Crippen LogP contribution in [0.5, 0.6) is 0 Å². The number of aliphatic hydroxyl groups is 2. The molecule has 1 aromatic rings. The molecule has 3 rings (SSSR count). The van der Waals surface area contributed by atoms with E-state index in [1.54, 1.807) is 18.9 Å². The van der Waals surface area contributed by atoms with E-state index in [1.165, 1.54) is 6.42 Å². The van der Waals surface area contributed by atoms with E-state index in [0.29, 0.717) is 44.9 Å². The molecule has 0 bridgehead atoms. The molecule has 1 heterocycles. The third-order valence-electron chi connectivity index (χ3n) is 9.67. The molecule has 2 aliphatic rings. The molecule has 1 aliphatic heterocycles. The molecule has 1 saturated heterocycles. The molecule has 1 aromatic carbocycles. The molecule has 0 radical (unpaired) electrons. The van der Waals surface area contributed by atoms with Gasteiger partial charge >= 0.3 is 0 Å². The highest BCUT2D eigenvalue weighted by atomic mass is 16.5. The molecule has 48 heavy (non-hydrogen) atoms. The fourth-order valence-corrected chi connectivity index (χ4v) is 6.71. The van der Waals surface area contributed by atoms with Gasteiger partial charge in [0.1, 0.15) is 12.1 Å². The summed E-state index contributed by atoms with van der Waals surface area (Å²) < 4.78 is 5.43. The maximum absolute atomic E-state index is 13.9. The first kappa shape index (κ1) is 39.5. The van der Waals surface area contributed by atoms with E-state index >= 15 is 0 Å². The van der Waals surface area contributed by atoms with E-state index in [-0.39, 0.29) is 24.7 Å². The largest absolute Gasteiger partial charge is 0.390 e. The lowest BCUT2D eigenvalue weighted by molar-refractivity contribution is -0.137. The maximum atomic E-state index is 13.9. The number of hydrogen-bond donors (Lipinski definition) is 4. The van der Waals surface area contributed by atoms with Crippen molar-refractivity contribution in [2.24, 2.45) is 17.8 Å². The Morgan fingerprint density at radius 2 is 1.71 bits per heavy atom. The SMILES string of the molecule is CC#CC[C@H](NC(=O)[C@@H](CC(=O)N(C)CCN1CCOCC1)Cc1ccccc1)C(=O)NC(CC1CCCCC1)[C@@H](O)[C@@H](O)CC(C)C. The van der Waals surface area contributed by atoms with Gasteiger partial charge in [-0.2, -0.15) is 0 Å². The van der Waals surface area contributed by atoms with Gasteiger partial charge in [0.25, 0.3) is 0 Å². The number of benzene rings is 1. The average molecular weight is 669 g/mol. The van der Waals surface area contributed by atoms with Gasteiger partial charge in [0, 0.05) is 46.1 Å². The number of nitrogens with zero attached hydrogens (tertiary/aromatic N) is 2. The minimum Gasteiger partial charge on any atom is -0.390 e. The summed E-state index contributed by atoms with van der Waals surface area (Å²) in [5.41, 5.74) is 0.922. The van der Waals surface area contributed by atoms with Crippen molar-refractivity contribution < 1.29 is 29.3 Å². The molecular formula is C38H60N4O6. The van der Waals surface area contributed by atoms with Gasteiger partial charge in [-0.1, -0.05) is 76.3 Å². The molecule has 268 valence electrons. The zero-order valence-electron chi connectivity index (χ0n) is 29.7. The molecule has 0 spiro atoms. The summed E-state index contributed by atoms with van der Waals surface area (Å²) in [6, 6.07) is 7.92. The number of nitrogens with one attached hydrogen (secondary N) is 2. The van der Waals surface area contributed by atoms with E-state index in [2.05, 4.69) is 27.4 Å². The summed E-state index contributed by atoms with van der Waals surface area (Å²) in [6.45, 7) is 9.97. The Balaban J connectivity index is 1.74. The van der Waals surface area contributed by atoms with Gasteiger partial charge in [0.2, 0.25) is 17.7 Å². The zero-order chi connectivity index (χ0) is 34.9. The van der Waals surface area contributed by atoms with Gasteiger partial charge in [-0.25, -0.2) is 0 Å². The van der Waals surface area contributed by atoms with Gasteiger partial charge in [-0.05, 0) is 43.6 Å². The number of carbonyl (C=O) groups excluding carboxylic acids is 3. The normalized spacial score (nSPS) is 18.9. The van der Waals surface area contributed by atoms with Crippen molar-refractivity contribution in [3.05, 3.63) is 35.9 Å². The van der Waals surface area contributed by atoms with Crippen molar-refractivity contribution in [1.29, 1.82) is 0 Å². The number of likely N-dealkylation sites (N-methyl/N-ethyl adjacent to an activating group) is 1. The highest BCUT2D eigenvalue weighted by Gasteiger charge is 2.34. The molecule has 5 atom stereocenters. The Bertz CT molecular complexity index is 1170. The number of rotatable bonds is 18. The molecule has 10 nitrogen and oxygen atoms in total. The number of aliphatic hydroxyl groups excluding tert-OH is 2. The van der Waals surface area contributed by atoms with Crippen LogP contribution < -0.4 is 10.6 Å².